The number of aliphatic carboxylic acids is 1. The fraction of sp³-hybridized carbons (Fsp3) is 0.523. The van der Waals surface area contributed by atoms with Crippen LogP contribution in [-0.4, -0.2) is 71.7 Å². The first-order valence-corrected chi connectivity index (χ1v) is 21.0. The molecule has 3 aliphatic carbocycles. The van der Waals surface area contributed by atoms with Crippen LogP contribution in [0.3, 0.4) is 0 Å². The van der Waals surface area contributed by atoms with Gasteiger partial charge in [0.25, 0.3) is 11.8 Å². The van der Waals surface area contributed by atoms with Gasteiger partial charge in [0.2, 0.25) is 0 Å². The summed E-state index contributed by atoms with van der Waals surface area (Å²) in [6.07, 6.45) is 12.6. The van der Waals surface area contributed by atoms with E-state index in [1.54, 1.807) is 6.07 Å². The molecule has 1 atom stereocenters. The van der Waals surface area contributed by atoms with Gasteiger partial charge in [0.05, 0.1) is 34.1 Å². The minimum Gasteiger partial charge on any atom is -0.481 e. The maximum atomic E-state index is 13.9. The Morgan fingerprint density at radius 3 is 2.19 bits per heavy atom. The van der Waals surface area contributed by atoms with Crippen LogP contribution in [0, 0.1) is 23.7 Å². The standard InChI is InChI=1S/C44H54ClN7O5/c1-27-29(30-9-6-12-33(37(30)45)49-41(55)39-47-34-25-52(23-24-53)22-16-36(34)51(39)3)8-5-10-31(27)48-40(54)38-46-32-11-4-7-28(13-14-35(32)50(38)2)15-17-43-18-20-44(26-43,21-19-43)42(56)57/h5-6,8-10,12,28,53H,4,7,11,13-26H2,1-3H3,(H,48,54)(H,49,55)(H,56,57). The molecule has 0 radical (unpaired) electrons. The van der Waals surface area contributed by atoms with E-state index in [0.717, 1.165) is 129 Å². The Hall–Kier alpha value is -4.52. The summed E-state index contributed by atoms with van der Waals surface area (Å²) in [5, 5.41) is 25.7. The SMILES string of the molecule is Cc1c(NC(=O)c2nc3c(n2C)CCC(CCC24CCC(C(=O)O)(CC2)C4)CCC3)cccc1-c1cccc(NC(=O)c2nc3c(n2C)CCN(CCO)C3)c1Cl. The highest BCUT2D eigenvalue weighted by molar-refractivity contribution is 6.36. The van der Waals surface area contributed by atoms with E-state index in [2.05, 4.69) is 20.5 Å². The van der Waals surface area contributed by atoms with Crippen molar-refractivity contribution in [3.63, 3.8) is 0 Å². The van der Waals surface area contributed by atoms with Crippen molar-refractivity contribution in [2.75, 3.05) is 30.3 Å². The van der Waals surface area contributed by atoms with Crippen LogP contribution in [0.25, 0.3) is 11.1 Å². The number of aromatic nitrogens is 4. The molecule has 3 heterocycles. The number of benzene rings is 2. The van der Waals surface area contributed by atoms with Crippen LogP contribution < -0.4 is 10.6 Å². The molecular weight excluding hydrogens is 742 g/mol. The molecule has 2 aromatic carbocycles. The molecule has 12 nitrogen and oxygen atoms in total. The van der Waals surface area contributed by atoms with E-state index in [9.17, 15) is 24.6 Å². The molecule has 302 valence electrons. The maximum absolute atomic E-state index is 13.9. The number of hydrogen-bond donors (Lipinski definition) is 4. The zero-order valence-corrected chi connectivity index (χ0v) is 34.1. The first-order chi connectivity index (χ1) is 27.4. The smallest absolute Gasteiger partial charge is 0.309 e. The highest BCUT2D eigenvalue weighted by Gasteiger charge is 2.57. The quantitative estimate of drug-likeness (QED) is 0.123. The van der Waals surface area contributed by atoms with Crippen LogP contribution in [-0.2, 0) is 44.7 Å². The molecule has 57 heavy (non-hydrogen) atoms. The number of hydrogen-bond acceptors (Lipinski definition) is 7. The van der Waals surface area contributed by atoms with Gasteiger partial charge >= 0.3 is 5.97 Å². The number of aliphatic hydroxyl groups is 1. The van der Waals surface area contributed by atoms with Gasteiger partial charge in [-0.15, -0.1) is 0 Å². The Labute approximate surface area is 339 Å². The van der Waals surface area contributed by atoms with Crippen LogP contribution >= 0.6 is 11.6 Å². The number of aryl methyl sites for hydroxylation is 1. The third-order valence-corrected chi connectivity index (χ3v) is 14.3. The molecule has 8 rings (SSSR count). The van der Waals surface area contributed by atoms with Crippen molar-refractivity contribution in [3.8, 4) is 11.1 Å². The van der Waals surface area contributed by atoms with Crippen LogP contribution in [0.4, 0.5) is 11.4 Å². The predicted molar refractivity (Wildman–Crippen MR) is 220 cm³/mol. The molecule has 2 fully saturated rings. The number of carbonyl (C=O) groups excluding carboxylic acids is 2. The van der Waals surface area contributed by atoms with Crippen LogP contribution in [0.15, 0.2) is 36.4 Å². The van der Waals surface area contributed by atoms with Gasteiger partial charge in [-0.1, -0.05) is 42.3 Å². The van der Waals surface area contributed by atoms with Gasteiger partial charge in [-0.2, -0.15) is 0 Å². The Morgan fingerprint density at radius 1 is 0.860 bits per heavy atom. The lowest BCUT2D eigenvalue weighted by molar-refractivity contribution is -0.148. The topological polar surface area (TPSA) is 155 Å². The molecule has 0 saturated heterocycles. The number of rotatable bonds is 11. The second-order valence-corrected chi connectivity index (χ2v) is 17.6. The van der Waals surface area contributed by atoms with Crippen molar-refractivity contribution in [1.29, 1.82) is 0 Å². The zero-order valence-electron chi connectivity index (χ0n) is 33.3. The van der Waals surface area contributed by atoms with Gasteiger partial charge in [0.15, 0.2) is 11.6 Å². The lowest BCUT2D eigenvalue weighted by atomic mass is 9.76. The fourth-order valence-electron chi connectivity index (χ4n) is 10.5. The third kappa shape index (κ3) is 7.40. The minimum atomic E-state index is -0.593. The van der Waals surface area contributed by atoms with Crippen molar-refractivity contribution >= 4 is 40.8 Å². The molecule has 1 unspecified atom stereocenters. The van der Waals surface area contributed by atoms with Crippen molar-refractivity contribution in [3.05, 3.63) is 81.4 Å². The number of fused-ring (bicyclic) bond motifs is 4. The fourth-order valence-corrected chi connectivity index (χ4v) is 10.8. The highest BCUT2D eigenvalue weighted by Crippen LogP contribution is 2.63. The number of anilines is 2. The van der Waals surface area contributed by atoms with Crippen molar-refractivity contribution < 1.29 is 24.6 Å². The largest absolute Gasteiger partial charge is 0.481 e. The first kappa shape index (κ1) is 39.3. The lowest BCUT2D eigenvalue weighted by Crippen LogP contribution is -2.33. The molecular formula is C44H54ClN7O5. The molecule has 4 aliphatic rings. The Bertz CT molecular complexity index is 2220. The molecule has 4 N–H and O–H groups in total. The summed E-state index contributed by atoms with van der Waals surface area (Å²) in [5.74, 6) is 0.0668. The molecule has 4 aromatic rings. The van der Waals surface area contributed by atoms with E-state index in [0.29, 0.717) is 47.1 Å². The number of carboxylic acids is 1. The average Bonchev–Trinajstić information content (AvgIpc) is 3.93. The number of nitrogens with zero attached hydrogens (tertiary/aromatic N) is 5. The summed E-state index contributed by atoms with van der Waals surface area (Å²) in [7, 11) is 3.79. The van der Waals surface area contributed by atoms with E-state index < -0.39 is 11.4 Å². The van der Waals surface area contributed by atoms with Crippen molar-refractivity contribution in [2.45, 2.75) is 96.9 Å². The summed E-state index contributed by atoms with van der Waals surface area (Å²) < 4.78 is 3.81. The van der Waals surface area contributed by atoms with E-state index in [4.69, 9.17) is 16.6 Å². The van der Waals surface area contributed by atoms with Crippen molar-refractivity contribution in [2.24, 2.45) is 30.8 Å². The summed E-state index contributed by atoms with van der Waals surface area (Å²) in [5.41, 5.74) is 7.23. The van der Waals surface area contributed by atoms with E-state index in [-0.39, 0.29) is 23.8 Å². The van der Waals surface area contributed by atoms with Crippen LogP contribution in [0.1, 0.15) is 114 Å². The average molecular weight is 796 g/mol. The second kappa shape index (κ2) is 15.7. The van der Waals surface area contributed by atoms with Gasteiger partial charge in [-0.25, -0.2) is 9.97 Å². The second-order valence-electron chi connectivity index (χ2n) is 17.2. The summed E-state index contributed by atoms with van der Waals surface area (Å²) >= 11 is 7.00. The summed E-state index contributed by atoms with van der Waals surface area (Å²) in [6.45, 7) is 3.98. The van der Waals surface area contributed by atoms with Gasteiger partial charge in [0.1, 0.15) is 0 Å². The minimum absolute atomic E-state index is 0.0779. The number of β-amino-alcohol motifs (C(OH)–C–C–N with tert-alkyl or cyclic N) is 1. The van der Waals surface area contributed by atoms with Crippen LogP contribution in [0.5, 0.6) is 0 Å². The number of carbonyl (C=O) groups is 3. The molecule has 2 amide bonds. The molecule has 1 aliphatic heterocycles. The summed E-state index contributed by atoms with van der Waals surface area (Å²) in [4.78, 5) is 51.1. The normalized spacial score (nSPS) is 23.1. The predicted octanol–water partition coefficient (Wildman–Crippen LogP) is 7.34. The van der Waals surface area contributed by atoms with E-state index in [1.807, 2.05) is 60.5 Å². The third-order valence-electron chi connectivity index (χ3n) is 13.9. The molecule has 0 spiro atoms. The number of halogens is 1. The number of aliphatic hydroxyl groups excluding tert-OH is 1. The Balaban J connectivity index is 0.933. The maximum Gasteiger partial charge on any atom is 0.309 e. The van der Waals surface area contributed by atoms with Crippen molar-refractivity contribution in [1.82, 2.24) is 24.0 Å². The lowest BCUT2D eigenvalue weighted by Gasteiger charge is -2.29. The number of amides is 2. The van der Waals surface area contributed by atoms with Crippen LogP contribution in [0.2, 0.25) is 5.02 Å². The highest BCUT2D eigenvalue weighted by atomic mass is 35.5. The van der Waals surface area contributed by atoms with E-state index in [1.165, 1.54) is 0 Å². The van der Waals surface area contributed by atoms with Gasteiger partial charge in [-0.3, -0.25) is 19.3 Å². The zero-order chi connectivity index (χ0) is 40.1. The summed E-state index contributed by atoms with van der Waals surface area (Å²) in [6, 6.07) is 11.2. The first-order valence-electron chi connectivity index (χ1n) is 20.6. The molecule has 2 bridgehead atoms. The number of nitrogens with one attached hydrogen (secondary N) is 2. The molecule has 13 heteroatoms. The molecule has 2 aromatic heterocycles. The Morgan fingerprint density at radius 2 is 1.51 bits per heavy atom. The van der Waals surface area contributed by atoms with Gasteiger partial charge in [-0.05, 0) is 112 Å². The Kier molecular flexibility index (Phi) is 10.8. The monoisotopic (exact) mass is 795 g/mol. The van der Waals surface area contributed by atoms with Gasteiger partial charge in [0, 0.05) is 62.8 Å². The van der Waals surface area contributed by atoms with E-state index >= 15 is 0 Å². The van der Waals surface area contributed by atoms with Gasteiger partial charge < -0.3 is 30.0 Å². The molecule has 2 saturated carbocycles. The number of imidazole rings is 2. The number of carboxylic acid groups (broad SMARTS) is 1.